The third-order valence-electron chi connectivity index (χ3n) is 1.77. The van der Waals surface area contributed by atoms with Gasteiger partial charge in [0.15, 0.2) is 5.11 Å². The fourth-order valence-corrected chi connectivity index (χ4v) is 1.33. The summed E-state index contributed by atoms with van der Waals surface area (Å²) in [6, 6.07) is 7.45. The molecule has 2 nitrogen and oxygen atoms in total. The number of rotatable bonds is 3. The Hall–Kier alpha value is -0.800. The number of hydrogen-bond acceptors (Lipinski definition) is 1. The SMILES string of the molecule is CC(C)CNC(=S)Nc1ccc(Cl)cc1. The largest absolute Gasteiger partial charge is 0.362 e. The van der Waals surface area contributed by atoms with Crippen LogP contribution in [0, 0.1) is 5.92 Å². The molecule has 0 radical (unpaired) electrons. The smallest absolute Gasteiger partial charge is 0.170 e. The van der Waals surface area contributed by atoms with Gasteiger partial charge in [0, 0.05) is 17.3 Å². The van der Waals surface area contributed by atoms with Gasteiger partial charge in [-0.05, 0) is 42.4 Å². The number of thiocarbonyl (C=S) groups is 1. The fraction of sp³-hybridized carbons (Fsp3) is 0.364. The zero-order valence-corrected chi connectivity index (χ0v) is 10.5. The molecule has 0 aliphatic rings. The van der Waals surface area contributed by atoms with Crippen molar-refractivity contribution in [2.45, 2.75) is 13.8 Å². The van der Waals surface area contributed by atoms with Gasteiger partial charge in [0.25, 0.3) is 0 Å². The van der Waals surface area contributed by atoms with Crippen LogP contribution in [-0.4, -0.2) is 11.7 Å². The number of anilines is 1. The van der Waals surface area contributed by atoms with E-state index < -0.39 is 0 Å². The van der Waals surface area contributed by atoms with E-state index in [4.69, 9.17) is 23.8 Å². The fourth-order valence-electron chi connectivity index (χ4n) is 1.01. The molecule has 0 aliphatic heterocycles. The van der Waals surface area contributed by atoms with Crippen LogP contribution >= 0.6 is 23.8 Å². The number of hydrogen-bond donors (Lipinski definition) is 2. The van der Waals surface area contributed by atoms with E-state index in [-0.39, 0.29) is 0 Å². The molecule has 0 amide bonds. The molecular weight excluding hydrogens is 228 g/mol. The maximum absolute atomic E-state index is 5.77. The van der Waals surface area contributed by atoms with E-state index in [0.29, 0.717) is 11.0 Å². The predicted octanol–water partition coefficient (Wildman–Crippen LogP) is 3.28. The molecule has 15 heavy (non-hydrogen) atoms. The Bertz CT molecular complexity index is 322. The van der Waals surface area contributed by atoms with Crippen LogP contribution in [0.5, 0.6) is 0 Å². The summed E-state index contributed by atoms with van der Waals surface area (Å²) in [5.74, 6) is 0.579. The van der Waals surface area contributed by atoms with E-state index in [2.05, 4.69) is 24.5 Å². The second-order valence-electron chi connectivity index (χ2n) is 3.74. The summed E-state index contributed by atoms with van der Waals surface area (Å²) >= 11 is 10.9. The van der Waals surface area contributed by atoms with Crippen molar-refractivity contribution in [2.75, 3.05) is 11.9 Å². The van der Waals surface area contributed by atoms with E-state index in [1.54, 1.807) is 0 Å². The molecule has 0 saturated heterocycles. The Kier molecular flexibility index (Phi) is 4.85. The maximum atomic E-state index is 5.77. The molecular formula is C11H15ClN2S. The minimum atomic E-state index is 0.579. The quantitative estimate of drug-likeness (QED) is 0.796. The lowest BCUT2D eigenvalue weighted by Crippen LogP contribution is -2.31. The van der Waals surface area contributed by atoms with Gasteiger partial charge in [0.1, 0.15) is 0 Å². The van der Waals surface area contributed by atoms with Crippen LogP contribution in [-0.2, 0) is 0 Å². The van der Waals surface area contributed by atoms with Crippen LogP contribution < -0.4 is 10.6 Å². The Labute approximate surface area is 101 Å². The molecule has 1 aromatic rings. The van der Waals surface area contributed by atoms with Gasteiger partial charge in [-0.15, -0.1) is 0 Å². The van der Waals surface area contributed by atoms with E-state index in [1.165, 1.54) is 0 Å². The molecule has 4 heteroatoms. The summed E-state index contributed by atoms with van der Waals surface area (Å²) in [5.41, 5.74) is 0.945. The Morgan fingerprint density at radius 3 is 2.47 bits per heavy atom. The first-order valence-electron chi connectivity index (χ1n) is 4.88. The third kappa shape index (κ3) is 5.00. The van der Waals surface area contributed by atoms with Gasteiger partial charge in [-0.3, -0.25) is 0 Å². The first kappa shape index (κ1) is 12.3. The van der Waals surface area contributed by atoms with Gasteiger partial charge in [-0.25, -0.2) is 0 Å². The van der Waals surface area contributed by atoms with Gasteiger partial charge < -0.3 is 10.6 Å². The highest BCUT2D eigenvalue weighted by atomic mass is 35.5. The Balaban J connectivity index is 2.41. The van der Waals surface area contributed by atoms with Gasteiger partial charge in [-0.1, -0.05) is 25.4 Å². The van der Waals surface area contributed by atoms with Crippen LogP contribution in [0.4, 0.5) is 5.69 Å². The molecule has 0 saturated carbocycles. The molecule has 0 aliphatic carbocycles. The lowest BCUT2D eigenvalue weighted by atomic mass is 10.2. The number of nitrogens with one attached hydrogen (secondary N) is 2. The third-order valence-corrected chi connectivity index (χ3v) is 2.27. The maximum Gasteiger partial charge on any atom is 0.170 e. The lowest BCUT2D eigenvalue weighted by Gasteiger charge is -2.11. The summed E-state index contributed by atoms with van der Waals surface area (Å²) in [7, 11) is 0. The standard InChI is InChI=1S/C11H15ClN2S/c1-8(2)7-13-11(15)14-10-5-3-9(12)4-6-10/h3-6,8H,7H2,1-2H3,(H2,13,14,15). The average Bonchev–Trinajstić information content (AvgIpc) is 2.19. The van der Waals surface area contributed by atoms with Crippen molar-refractivity contribution < 1.29 is 0 Å². The van der Waals surface area contributed by atoms with Crippen molar-refractivity contribution >= 4 is 34.6 Å². The molecule has 0 heterocycles. The second kappa shape index (κ2) is 5.93. The molecule has 82 valence electrons. The zero-order chi connectivity index (χ0) is 11.3. The van der Waals surface area contributed by atoms with Crippen LogP contribution in [0.1, 0.15) is 13.8 Å². The molecule has 0 aromatic heterocycles. The first-order chi connectivity index (χ1) is 7.08. The average molecular weight is 243 g/mol. The molecule has 2 N–H and O–H groups in total. The molecule has 1 aromatic carbocycles. The number of benzene rings is 1. The van der Waals surface area contributed by atoms with Crippen LogP contribution in [0.3, 0.4) is 0 Å². The highest BCUT2D eigenvalue weighted by Gasteiger charge is 1.98. The Morgan fingerprint density at radius 2 is 1.93 bits per heavy atom. The molecule has 0 atom stereocenters. The zero-order valence-electron chi connectivity index (χ0n) is 8.88. The minimum absolute atomic E-state index is 0.579. The van der Waals surface area contributed by atoms with Gasteiger partial charge in [0.05, 0.1) is 0 Å². The topological polar surface area (TPSA) is 24.1 Å². The Morgan fingerprint density at radius 1 is 1.33 bits per heavy atom. The molecule has 0 unspecified atom stereocenters. The van der Waals surface area contributed by atoms with Crippen molar-refractivity contribution in [2.24, 2.45) is 5.92 Å². The van der Waals surface area contributed by atoms with Crippen LogP contribution in [0.2, 0.25) is 5.02 Å². The predicted molar refractivity (Wildman–Crippen MR) is 70.5 cm³/mol. The molecule has 1 rings (SSSR count). The van der Waals surface area contributed by atoms with Gasteiger partial charge in [0.2, 0.25) is 0 Å². The van der Waals surface area contributed by atoms with Crippen molar-refractivity contribution in [1.29, 1.82) is 0 Å². The molecule has 0 fully saturated rings. The molecule has 0 spiro atoms. The van der Waals surface area contributed by atoms with E-state index >= 15 is 0 Å². The normalized spacial score (nSPS) is 10.1. The lowest BCUT2D eigenvalue weighted by molar-refractivity contribution is 0.627. The van der Waals surface area contributed by atoms with Crippen molar-refractivity contribution in [1.82, 2.24) is 5.32 Å². The highest BCUT2D eigenvalue weighted by Crippen LogP contribution is 2.13. The highest BCUT2D eigenvalue weighted by molar-refractivity contribution is 7.80. The van der Waals surface area contributed by atoms with Gasteiger partial charge >= 0.3 is 0 Å². The molecule has 0 bridgehead atoms. The van der Waals surface area contributed by atoms with Crippen molar-refractivity contribution in [3.8, 4) is 0 Å². The summed E-state index contributed by atoms with van der Waals surface area (Å²) in [6.07, 6.45) is 0. The van der Waals surface area contributed by atoms with Crippen LogP contribution in [0.15, 0.2) is 24.3 Å². The van der Waals surface area contributed by atoms with Crippen molar-refractivity contribution in [3.63, 3.8) is 0 Å². The summed E-state index contributed by atoms with van der Waals surface area (Å²) in [4.78, 5) is 0. The van der Waals surface area contributed by atoms with E-state index in [0.717, 1.165) is 17.3 Å². The number of halogens is 1. The van der Waals surface area contributed by atoms with Gasteiger partial charge in [-0.2, -0.15) is 0 Å². The van der Waals surface area contributed by atoms with Crippen LogP contribution in [0.25, 0.3) is 0 Å². The van der Waals surface area contributed by atoms with E-state index in [1.807, 2.05) is 24.3 Å². The minimum Gasteiger partial charge on any atom is -0.362 e. The second-order valence-corrected chi connectivity index (χ2v) is 4.58. The first-order valence-corrected chi connectivity index (χ1v) is 5.67. The monoisotopic (exact) mass is 242 g/mol. The summed E-state index contributed by atoms with van der Waals surface area (Å²) in [6.45, 7) is 5.15. The van der Waals surface area contributed by atoms with Crippen molar-refractivity contribution in [3.05, 3.63) is 29.3 Å². The van der Waals surface area contributed by atoms with E-state index in [9.17, 15) is 0 Å². The summed E-state index contributed by atoms with van der Waals surface area (Å²) < 4.78 is 0. The summed E-state index contributed by atoms with van der Waals surface area (Å²) in [5, 5.41) is 7.59.